The Bertz CT molecular complexity index is 820. The number of aromatic nitrogens is 3. The quantitative estimate of drug-likeness (QED) is 0.683. The lowest BCUT2D eigenvalue weighted by atomic mass is 10.2. The summed E-state index contributed by atoms with van der Waals surface area (Å²) in [7, 11) is 1.72. The third-order valence-electron chi connectivity index (χ3n) is 4.61. The van der Waals surface area contributed by atoms with Gasteiger partial charge < -0.3 is 9.80 Å². The molecule has 27 heavy (non-hydrogen) atoms. The number of nitrogens with zero attached hydrogens (tertiary/aromatic N) is 6. The fourth-order valence-corrected chi connectivity index (χ4v) is 3.86. The lowest BCUT2D eigenvalue weighted by Crippen LogP contribution is -2.29. The monoisotopic (exact) mass is 384 g/mol. The Labute approximate surface area is 164 Å². The van der Waals surface area contributed by atoms with Crippen LogP contribution in [-0.2, 0) is 4.79 Å². The molecule has 1 saturated heterocycles. The Balaban J connectivity index is 1.81. The van der Waals surface area contributed by atoms with E-state index in [0.717, 1.165) is 37.6 Å². The van der Waals surface area contributed by atoms with Crippen LogP contribution in [0.2, 0.25) is 0 Å². The minimum atomic E-state index is -0.0172. The predicted octanol–water partition coefficient (Wildman–Crippen LogP) is 2.64. The van der Waals surface area contributed by atoms with E-state index in [1.165, 1.54) is 17.3 Å². The standard InChI is InChI=1S/C19H24N6OS/c1-15-6-8-16(9-7-15)25-18(24-12-3-4-13-24)21-22-19(25)27-14-17(26)23(2)11-5-10-20/h6-9H,3-5,11-14H2,1-2H3. The molecule has 1 aliphatic rings. The fourth-order valence-electron chi connectivity index (χ4n) is 2.98. The number of aryl methyl sites for hydroxylation is 1. The number of hydrogen-bond acceptors (Lipinski definition) is 6. The zero-order valence-corrected chi connectivity index (χ0v) is 16.6. The number of hydrogen-bond donors (Lipinski definition) is 0. The predicted molar refractivity (Wildman–Crippen MR) is 106 cm³/mol. The molecule has 142 valence electrons. The number of thioether (sulfide) groups is 1. The molecule has 1 aliphatic heterocycles. The fraction of sp³-hybridized carbons (Fsp3) is 0.474. The summed E-state index contributed by atoms with van der Waals surface area (Å²) in [5, 5.41) is 18.2. The van der Waals surface area contributed by atoms with E-state index in [1.54, 1.807) is 11.9 Å². The summed E-state index contributed by atoms with van der Waals surface area (Å²) in [5.74, 6) is 1.09. The van der Waals surface area contributed by atoms with Gasteiger partial charge in [-0.15, -0.1) is 10.2 Å². The van der Waals surface area contributed by atoms with E-state index in [1.807, 2.05) is 4.57 Å². The van der Waals surface area contributed by atoms with E-state index < -0.39 is 0 Å². The Morgan fingerprint density at radius 3 is 2.63 bits per heavy atom. The molecule has 0 atom stereocenters. The highest BCUT2D eigenvalue weighted by molar-refractivity contribution is 7.99. The molecule has 0 unspecified atom stereocenters. The molecule has 0 saturated carbocycles. The van der Waals surface area contributed by atoms with Crippen LogP contribution < -0.4 is 4.90 Å². The molecule has 2 aromatic rings. The van der Waals surface area contributed by atoms with Gasteiger partial charge in [-0.25, -0.2) is 0 Å². The molecule has 3 rings (SSSR count). The third-order valence-corrected chi connectivity index (χ3v) is 5.52. The first-order valence-electron chi connectivity index (χ1n) is 9.11. The van der Waals surface area contributed by atoms with Gasteiger partial charge in [0.2, 0.25) is 11.9 Å². The number of carbonyl (C=O) groups is 1. The van der Waals surface area contributed by atoms with Crippen molar-refractivity contribution in [3.8, 4) is 11.8 Å². The van der Waals surface area contributed by atoms with Crippen LogP contribution in [0.25, 0.3) is 5.69 Å². The van der Waals surface area contributed by atoms with Crippen molar-refractivity contribution in [3.05, 3.63) is 29.8 Å². The van der Waals surface area contributed by atoms with Crippen molar-refractivity contribution in [1.29, 1.82) is 5.26 Å². The lowest BCUT2D eigenvalue weighted by Gasteiger charge is -2.19. The summed E-state index contributed by atoms with van der Waals surface area (Å²) in [4.78, 5) is 16.1. The minimum Gasteiger partial charge on any atom is -0.344 e. The van der Waals surface area contributed by atoms with Crippen LogP contribution in [0.5, 0.6) is 0 Å². The molecule has 0 aliphatic carbocycles. The SMILES string of the molecule is Cc1ccc(-n2c(SCC(=O)N(C)CCC#N)nnc2N2CCCC2)cc1. The summed E-state index contributed by atoms with van der Waals surface area (Å²) < 4.78 is 2.04. The lowest BCUT2D eigenvalue weighted by molar-refractivity contribution is -0.127. The molecule has 0 N–H and O–H groups in total. The van der Waals surface area contributed by atoms with Gasteiger partial charge in [0.15, 0.2) is 5.16 Å². The summed E-state index contributed by atoms with van der Waals surface area (Å²) >= 11 is 1.38. The topological polar surface area (TPSA) is 78.0 Å². The van der Waals surface area contributed by atoms with Gasteiger partial charge in [-0.05, 0) is 31.9 Å². The summed E-state index contributed by atoms with van der Waals surface area (Å²) in [6.07, 6.45) is 2.66. The van der Waals surface area contributed by atoms with Crippen molar-refractivity contribution in [2.45, 2.75) is 31.3 Å². The maximum Gasteiger partial charge on any atom is 0.232 e. The van der Waals surface area contributed by atoms with Gasteiger partial charge in [-0.2, -0.15) is 5.26 Å². The van der Waals surface area contributed by atoms with Gasteiger partial charge in [0.05, 0.1) is 23.9 Å². The van der Waals surface area contributed by atoms with Crippen LogP contribution in [0.15, 0.2) is 29.4 Å². The normalized spacial score (nSPS) is 13.6. The molecule has 0 bridgehead atoms. The minimum absolute atomic E-state index is 0.0172. The summed E-state index contributed by atoms with van der Waals surface area (Å²) in [6.45, 7) is 4.46. The van der Waals surface area contributed by atoms with Gasteiger partial charge >= 0.3 is 0 Å². The van der Waals surface area contributed by atoms with E-state index in [0.29, 0.717) is 18.1 Å². The average molecular weight is 385 g/mol. The molecule has 7 nitrogen and oxygen atoms in total. The molecular formula is C19H24N6OS. The van der Waals surface area contributed by atoms with Crippen molar-refractivity contribution in [2.75, 3.05) is 37.3 Å². The molecule has 0 radical (unpaired) electrons. The number of carbonyl (C=O) groups excluding carboxylic acids is 1. The van der Waals surface area contributed by atoms with E-state index in [2.05, 4.69) is 52.4 Å². The first-order valence-corrected chi connectivity index (χ1v) is 10.1. The Morgan fingerprint density at radius 1 is 1.26 bits per heavy atom. The van der Waals surface area contributed by atoms with Gasteiger partial charge in [0.25, 0.3) is 0 Å². The van der Waals surface area contributed by atoms with Crippen LogP contribution in [0, 0.1) is 18.3 Å². The first kappa shape index (κ1) is 19.2. The average Bonchev–Trinajstić information content (AvgIpc) is 3.34. The van der Waals surface area contributed by atoms with Gasteiger partial charge in [-0.1, -0.05) is 29.5 Å². The van der Waals surface area contributed by atoms with Crippen LogP contribution in [0.3, 0.4) is 0 Å². The zero-order chi connectivity index (χ0) is 19.2. The van der Waals surface area contributed by atoms with Gasteiger partial charge in [0.1, 0.15) is 0 Å². The van der Waals surface area contributed by atoms with Crippen molar-refractivity contribution in [1.82, 2.24) is 19.7 Å². The Kier molecular flexibility index (Phi) is 6.35. The molecule has 1 fully saturated rings. The largest absolute Gasteiger partial charge is 0.344 e. The van der Waals surface area contributed by atoms with Crippen molar-refractivity contribution in [2.24, 2.45) is 0 Å². The summed E-state index contributed by atoms with van der Waals surface area (Å²) in [5.41, 5.74) is 2.19. The van der Waals surface area contributed by atoms with Gasteiger partial charge in [-0.3, -0.25) is 9.36 Å². The van der Waals surface area contributed by atoms with Crippen LogP contribution in [0.1, 0.15) is 24.8 Å². The van der Waals surface area contributed by atoms with Crippen LogP contribution in [-0.4, -0.2) is 58.0 Å². The maximum atomic E-state index is 12.3. The van der Waals surface area contributed by atoms with Crippen molar-refractivity contribution < 1.29 is 4.79 Å². The number of nitriles is 1. The van der Waals surface area contributed by atoms with Crippen LogP contribution in [0.4, 0.5) is 5.95 Å². The Morgan fingerprint density at radius 2 is 1.96 bits per heavy atom. The van der Waals surface area contributed by atoms with Gasteiger partial charge in [0, 0.05) is 26.7 Å². The molecule has 1 aromatic heterocycles. The van der Waals surface area contributed by atoms with E-state index in [9.17, 15) is 4.79 Å². The highest BCUT2D eigenvalue weighted by Gasteiger charge is 2.23. The molecule has 1 amide bonds. The second-order valence-corrected chi connectivity index (χ2v) is 7.60. The number of anilines is 1. The molecule has 8 heteroatoms. The van der Waals surface area contributed by atoms with Crippen molar-refractivity contribution in [3.63, 3.8) is 0 Å². The molecule has 1 aromatic carbocycles. The smallest absolute Gasteiger partial charge is 0.232 e. The second kappa shape index (κ2) is 8.91. The molecular weight excluding hydrogens is 360 g/mol. The summed E-state index contributed by atoms with van der Waals surface area (Å²) in [6, 6.07) is 10.3. The Hall–Kier alpha value is -2.53. The first-order chi connectivity index (χ1) is 13.1. The number of benzene rings is 1. The second-order valence-electron chi connectivity index (χ2n) is 6.66. The number of rotatable bonds is 7. The van der Waals surface area contributed by atoms with E-state index in [4.69, 9.17) is 5.26 Å². The number of amides is 1. The highest BCUT2D eigenvalue weighted by Crippen LogP contribution is 2.28. The molecule has 2 heterocycles. The zero-order valence-electron chi connectivity index (χ0n) is 15.8. The van der Waals surface area contributed by atoms with E-state index >= 15 is 0 Å². The highest BCUT2D eigenvalue weighted by atomic mass is 32.2. The molecule has 0 spiro atoms. The van der Waals surface area contributed by atoms with Crippen molar-refractivity contribution >= 4 is 23.6 Å². The van der Waals surface area contributed by atoms with Crippen LogP contribution >= 0.6 is 11.8 Å². The maximum absolute atomic E-state index is 12.3. The third kappa shape index (κ3) is 4.61. The van der Waals surface area contributed by atoms with E-state index in [-0.39, 0.29) is 11.7 Å².